The van der Waals surface area contributed by atoms with Crippen molar-refractivity contribution in [2.75, 3.05) is 13.1 Å². The number of thiol groups is 1. The Morgan fingerprint density at radius 1 is 1.70 bits per heavy atom. The summed E-state index contributed by atoms with van der Waals surface area (Å²) in [5, 5.41) is 3.23. The average Bonchev–Trinajstić information content (AvgIpc) is 1.94. The van der Waals surface area contributed by atoms with E-state index in [4.69, 9.17) is 0 Å². The van der Waals surface area contributed by atoms with Crippen molar-refractivity contribution in [1.29, 1.82) is 0 Å². The number of rotatable bonds is 1. The summed E-state index contributed by atoms with van der Waals surface area (Å²) >= 11 is 4.32. The van der Waals surface area contributed by atoms with Gasteiger partial charge in [-0.25, -0.2) is 0 Å². The fourth-order valence-corrected chi connectivity index (χ4v) is 1.18. The van der Waals surface area contributed by atoms with Gasteiger partial charge in [0.15, 0.2) is 0 Å². The van der Waals surface area contributed by atoms with Gasteiger partial charge in [0, 0.05) is 24.2 Å². The summed E-state index contributed by atoms with van der Waals surface area (Å²) in [5.41, 5.74) is 1.08. The first-order chi connectivity index (χ1) is 4.84. The lowest BCUT2D eigenvalue weighted by Gasteiger charge is -2.13. The Bertz CT molecular complexity index is 172. The number of aliphatic imine (C=N–C) groups is 1. The minimum absolute atomic E-state index is 0.864. The van der Waals surface area contributed by atoms with Gasteiger partial charge in [0.1, 0.15) is 0 Å². The van der Waals surface area contributed by atoms with Crippen LogP contribution in [0.25, 0.3) is 0 Å². The van der Waals surface area contributed by atoms with Crippen molar-refractivity contribution in [3.8, 4) is 0 Å². The highest BCUT2D eigenvalue weighted by atomic mass is 32.1. The van der Waals surface area contributed by atoms with E-state index in [1.54, 1.807) is 6.21 Å². The molecule has 1 aliphatic rings. The van der Waals surface area contributed by atoms with E-state index in [0.717, 1.165) is 30.1 Å². The van der Waals surface area contributed by atoms with Gasteiger partial charge in [0.05, 0.1) is 5.70 Å². The monoisotopic (exact) mass is 156 g/mol. The van der Waals surface area contributed by atoms with Gasteiger partial charge in [-0.1, -0.05) is 0 Å². The Morgan fingerprint density at radius 2 is 2.50 bits per heavy atom. The maximum absolute atomic E-state index is 4.32. The molecule has 1 rings (SSSR count). The predicted octanol–water partition coefficient (Wildman–Crippen LogP) is 1.21. The zero-order valence-electron chi connectivity index (χ0n) is 6.09. The molecule has 0 aromatic rings. The van der Waals surface area contributed by atoms with Crippen molar-refractivity contribution >= 4 is 18.8 Å². The molecule has 0 amide bonds. The van der Waals surface area contributed by atoms with Gasteiger partial charge in [-0.15, -0.1) is 12.6 Å². The summed E-state index contributed by atoms with van der Waals surface area (Å²) in [7, 11) is 0. The van der Waals surface area contributed by atoms with Crippen LogP contribution in [0.2, 0.25) is 0 Å². The summed E-state index contributed by atoms with van der Waals surface area (Å²) in [6.45, 7) is 3.81. The molecule has 1 N–H and O–H groups in total. The van der Waals surface area contributed by atoms with E-state index in [-0.39, 0.29) is 0 Å². The van der Waals surface area contributed by atoms with E-state index in [0.29, 0.717) is 0 Å². The Balaban J connectivity index is 2.68. The van der Waals surface area contributed by atoms with Crippen molar-refractivity contribution in [3.05, 3.63) is 10.6 Å². The molecule has 0 aromatic carbocycles. The van der Waals surface area contributed by atoms with Crippen LogP contribution in [0.5, 0.6) is 0 Å². The zero-order valence-corrected chi connectivity index (χ0v) is 6.99. The first-order valence-electron chi connectivity index (χ1n) is 3.45. The molecule has 0 spiro atoms. The molecule has 1 heterocycles. The fourth-order valence-electron chi connectivity index (χ4n) is 0.936. The third kappa shape index (κ3) is 1.85. The molecule has 10 heavy (non-hydrogen) atoms. The number of nitrogens with zero attached hydrogens (tertiary/aromatic N) is 1. The summed E-state index contributed by atoms with van der Waals surface area (Å²) < 4.78 is 0. The van der Waals surface area contributed by atoms with Gasteiger partial charge in [0.25, 0.3) is 0 Å². The first kappa shape index (κ1) is 7.82. The topological polar surface area (TPSA) is 24.4 Å². The van der Waals surface area contributed by atoms with Gasteiger partial charge in [-0.2, -0.15) is 0 Å². The van der Waals surface area contributed by atoms with Crippen LogP contribution in [-0.2, 0) is 0 Å². The highest BCUT2D eigenvalue weighted by Crippen LogP contribution is 2.16. The van der Waals surface area contributed by atoms with Crippen LogP contribution < -0.4 is 5.32 Å². The number of hydrogen-bond donors (Lipinski definition) is 2. The molecule has 0 saturated carbocycles. The zero-order chi connectivity index (χ0) is 7.40. The Labute approximate surface area is 66.8 Å². The van der Waals surface area contributed by atoms with Crippen molar-refractivity contribution in [1.82, 2.24) is 5.32 Å². The third-order valence-corrected chi connectivity index (χ3v) is 1.93. The molecule has 3 heteroatoms. The van der Waals surface area contributed by atoms with E-state index < -0.39 is 0 Å². The van der Waals surface area contributed by atoms with E-state index in [1.165, 1.54) is 0 Å². The second-order valence-corrected chi connectivity index (χ2v) is 2.75. The summed E-state index contributed by atoms with van der Waals surface area (Å²) in [6.07, 6.45) is 2.81. The molecule has 0 saturated heterocycles. The molecule has 0 radical (unpaired) electrons. The molecular formula is C7H12N2S. The lowest BCUT2D eigenvalue weighted by Crippen LogP contribution is -2.23. The van der Waals surface area contributed by atoms with Gasteiger partial charge in [-0.05, 0) is 13.3 Å². The van der Waals surface area contributed by atoms with Crippen molar-refractivity contribution in [2.24, 2.45) is 4.99 Å². The summed E-state index contributed by atoms with van der Waals surface area (Å²) in [6, 6.07) is 0. The lowest BCUT2D eigenvalue weighted by atomic mass is 10.2. The minimum Gasteiger partial charge on any atom is -0.311 e. The quantitative estimate of drug-likeness (QED) is 0.433. The molecule has 0 aliphatic carbocycles. The molecule has 0 bridgehead atoms. The van der Waals surface area contributed by atoms with Gasteiger partial charge in [0.2, 0.25) is 0 Å². The molecule has 0 aromatic heterocycles. The van der Waals surface area contributed by atoms with Crippen LogP contribution in [0.3, 0.4) is 0 Å². The lowest BCUT2D eigenvalue weighted by molar-refractivity contribution is 0.692. The highest BCUT2D eigenvalue weighted by molar-refractivity contribution is 7.84. The Morgan fingerprint density at radius 3 is 3.10 bits per heavy atom. The summed E-state index contributed by atoms with van der Waals surface area (Å²) in [5.74, 6) is 0. The van der Waals surface area contributed by atoms with Crippen LogP contribution in [-0.4, -0.2) is 19.3 Å². The van der Waals surface area contributed by atoms with Crippen LogP contribution in [0.1, 0.15) is 13.3 Å². The van der Waals surface area contributed by atoms with E-state index >= 15 is 0 Å². The molecule has 2 nitrogen and oxygen atoms in total. The molecule has 1 aliphatic heterocycles. The molecular weight excluding hydrogens is 144 g/mol. The van der Waals surface area contributed by atoms with Crippen LogP contribution >= 0.6 is 12.6 Å². The summed E-state index contributed by atoms with van der Waals surface area (Å²) in [4.78, 5) is 5.30. The van der Waals surface area contributed by atoms with Crippen molar-refractivity contribution in [3.63, 3.8) is 0 Å². The van der Waals surface area contributed by atoms with E-state index in [1.807, 2.05) is 6.92 Å². The third-order valence-electron chi connectivity index (χ3n) is 1.45. The highest BCUT2D eigenvalue weighted by Gasteiger charge is 2.06. The fraction of sp³-hybridized carbons (Fsp3) is 0.571. The van der Waals surface area contributed by atoms with Crippen molar-refractivity contribution in [2.45, 2.75) is 13.3 Å². The van der Waals surface area contributed by atoms with E-state index in [9.17, 15) is 0 Å². The Kier molecular flexibility index (Phi) is 2.96. The molecule has 0 fully saturated rings. The Hall–Kier alpha value is -0.280. The minimum atomic E-state index is 0.864. The maximum atomic E-state index is 4.32. The largest absolute Gasteiger partial charge is 0.311 e. The molecule has 56 valence electrons. The SMILES string of the molecule is C/C=N\C1=C(S)CCNC1. The van der Waals surface area contributed by atoms with Crippen LogP contribution in [0, 0.1) is 0 Å². The van der Waals surface area contributed by atoms with Crippen molar-refractivity contribution < 1.29 is 0 Å². The second-order valence-electron chi connectivity index (χ2n) is 2.21. The number of nitrogens with one attached hydrogen (secondary N) is 1. The second kappa shape index (κ2) is 3.78. The molecule has 0 unspecified atom stereocenters. The maximum Gasteiger partial charge on any atom is 0.0630 e. The van der Waals surface area contributed by atoms with Gasteiger partial charge < -0.3 is 5.32 Å². The van der Waals surface area contributed by atoms with Crippen LogP contribution in [0.4, 0.5) is 0 Å². The van der Waals surface area contributed by atoms with Gasteiger partial charge in [-0.3, -0.25) is 4.99 Å². The predicted molar refractivity (Wildman–Crippen MR) is 47.7 cm³/mol. The normalized spacial score (nSPS) is 20.6. The van der Waals surface area contributed by atoms with Gasteiger partial charge >= 0.3 is 0 Å². The smallest absolute Gasteiger partial charge is 0.0630 e. The molecule has 0 atom stereocenters. The first-order valence-corrected chi connectivity index (χ1v) is 3.89. The van der Waals surface area contributed by atoms with Crippen LogP contribution in [0.15, 0.2) is 15.6 Å². The average molecular weight is 156 g/mol. The number of hydrogen-bond acceptors (Lipinski definition) is 3. The van der Waals surface area contributed by atoms with E-state index in [2.05, 4.69) is 22.9 Å². The standard InChI is InChI=1S/C7H12N2S/c1-2-9-6-5-8-4-3-7(6)10/h2,8,10H,3-5H2,1H3/b9-2-.